The third kappa shape index (κ3) is 3.08. The van der Waals surface area contributed by atoms with Crippen molar-refractivity contribution in [2.75, 3.05) is 6.54 Å². The van der Waals surface area contributed by atoms with E-state index in [4.69, 9.17) is 10.8 Å². The van der Waals surface area contributed by atoms with Crippen molar-refractivity contribution in [3.05, 3.63) is 18.0 Å². The maximum atomic E-state index is 11.7. The van der Waals surface area contributed by atoms with Gasteiger partial charge in [0.1, 0.15) is 10.6 Å². The molecular weight excluding hydrogens is 262 g/mol. The Balaban J connectivity index is 3.10. The van der Waals surface area contributed by atoms with Gasteiger partial charge < -0.3 is 15.4 Å². The number of aryl methyl sites for hydroxylation is 1. The van der Waals surface area contributed by atoms with Crippen LogP contribution >= 0.6 is 0 Å². The quantitative estimate of drug-likeness (QED) is 0.610. The first kappa shape index (κ1) is 14.2. The zero-order chi connectivity index (χ0) is 13.9. The average molecular weight is 275 g/mol. The highest BCUT2D eigenvalue weighted by Crippen LogP contribution is 2.14. The fourth-order valence-electron chi connectivity index (χ4n) is 1.32. The second-order valence-electron chi connectivity index (χ2n) is 3.44. The van der Waals surface area contributed by atoms with Gasteiger partial charge in [-0.2, -0.15) is 0 Å². The number of sulfonamides is 1. The van der Waals surface area contributed by atoms with Crippen molar-refractivity contribution in [2.45, 2.75) is 18.4 Å². The molecule has 0 saturated heterocycles. The molecule has 0 bridgehead atoms. The second kappa shape index (κ2) is 5.19. The normalized spacial score (nSPS) is 11.4. The predicted molar refractivity (Wildman–Crippen MR) is 61.4 cm³/mol. The van der Waals surface area contributed by atoms with Crippen molar-refractivity contribution in [1.82, 2.24) is 9.29 Å². The van der Waals surface area contributed by atoms with Crippen LogP contribution in [0.25, 0.3) is 0 Å². The smallest absolute Gasteiger partial charge is 0.352 e. The number of carboxylic acids is 1. The standard InChI is InChI=1S/C9H13N3O5S/c1-2-12-5-6(3-7(12)9(14)15)18(16,17)11-4-8(10)13/h3,5,11H,2,4H2,1H3,(H2,10,13)(H,14,15). The molecule has 1 amide bonds. The van der Waals surface area contributed by atoms with Gasteiger partial charge in [0.25, 0.3) is 0 Å². The van der Waals surface area contributed by atoms with Crippen LogP contribution in [-0.4, -0.2) is 36.5 Å². The summed E-state index contributed by atoms with van der Waals surface area (Å²) < 4.78 is 26.7. The number of hydrogen-bond donors (Lipinski definition) is 3. The summed E-state index contributed by atoms with van der Waals surface area (Å²) >= 11 is 0. The molecule has 1 aromatic rings. The fourth-order valence-corrected chi connectivity index (χ4v) is 2.35. The molecule has 100 valence electrons. The molecule has 4 N–H and O–H groups in total. The maximum absolute atomic E-state index is 11.7. The van der Waals surface area contributed by atoms with Gasteiger partial charge in [-0.1, -0.05) is 0 Å². The zero-order valence-electron chi connectivity index (χ0n) is 9.58. The highest BCUT2D eigenvalue weighted by molar-refractivity contribution is 7.89. The summed E-state index contributed by atoms with van der Waals surface area (Å²) in [4.78, 5) is 21.2. The number of rotatable bonds is 6. The van der Waals surface area contributed by atoms with Gasteiger partial charge in [-0.25, -0.2) is 17.9 Å². The molecule has 1 heterocycles. The van der Waals surface area contributed by atoms with Gasteiger partial charge in [0.15, 0.2) is 0 Å². The molecule has 0 unspecified atom stereocenters. The molecule has 18 heavy (non-hydrogen) atoms. The van der Waals surface area contributed by atoms with Crippen LogP contribution in [-0.2, 0) is 21.4 Å². The molecule has 0 atom stereocenters. The van der Waals surface area contributed by atoms with Gasteiger partial charge >= 0.3 is 5.97 Å². The lowest BCUT2D eigenvalue weighted by Crippen LogP contribution is -2.33. The molecule has 1 aromatic heterocycles. The number of nitrogens with zero attached hydrogens (tertiary/aromatic N) is 1. The Hall–Kier alpha value is -1.87. The number of nitrogens with one attached hydrogen (secondary N) is 1. The number of nitrogens with two attached hydrogens (primary N) is 1. The minimum absolute atomic E-state index is 0.142. The number of primary amides is 1. The number of carbonyl (C=O) groups excluding carboxylic acids is 1. The average Bonchev–Trinajstić information content (AvgIpc) is 2.71. The number of aromatic carboxylic acids is 1. The van der Waals surface area contributed by atoms with Crippen LogP contribution in [0.1, 0.15) is 17.4 Å². The first-order chi connectivity index (χ1) is 8.27. The van der Waals surface area contributed by atoms with E-state index in [1.54, 1.807) is 6.92 Å². The molecular formula is C9H13N3O5S. The summed E-state index contributed by atoms with van der Waals surface area (Å²) in [5, 5.41) is 8.88. The lowest BCUT2D eigenvalue weighted by molar-refractivity contribution is -0.116. The van der Waals surface area contributed by atoms with Gasteiger partial charge in [-0.05, 0) is 13.0 Å². The summed E-state index contributed by atoms with van der Waals surface area (Å²) in [6.07, 6.45) is 1.19. The number of aromatic nitrogens is 1. The summed E-state index contributed by atoms with van der Waals surface area (Å²) in [5.74, 6) is -2.06. The molecule has 0 radical (unpaired) electrons. The van der Waals surface area contributed by atoms with Crippen LogP contribution < -0.4 is 10.5 Å². The molecule has 0 aromatic carbocycles. The van der Waals surface area contributed by atoms with Crippen LogP contribution in [0.5, 0.6) is 0 Å². The minimum atomic E-state index is -3.94. The highest BCUT2D eigenvalue weighted by atomic mass is 32.2. The summed E-state index contributed by atoms with van der Waals surface area (Å²) in [5.41, 5.74) is 4.68. The second-order valence-corrected chi connectivity index (χ2v) is 5.21. The van der Waals surface area contributed by atoms with E-state index in [1.165, 1.54) is 10.8 Å². The van der Waals surface area contributed by atoms with E-state index in [2.05, 4.69) is 0 Å². The predicted octanol–water partition coefficient (Wildman–Crippen LogP) is -1.03. The number of hydrogen-bond acceptors (Lipinski definition) is 4. The van der Waals surface area contributed by atoms with Crippen LogP contribution in [0.4, 0.5) is 0 Å². The van der Waals surface area contributed by atoms with Crippen LogP contribution in [0.2, 0.25) is 0 Å². The maximum Gasteiger partial charge on any atom is 0.352 e. The van der Waals surface area contributed by atoms with Crippen molar-refractivity contribution in [1.29, 1.82) is 0 Å². The van der Waals surface area contributed by atoms with Gasteiger partial charge in [0, 0.05) is 12.7 Å². The highest BCUT2D eigenvalue weighted by Gasteiger charge is 2.21. The van der Waals surface area contributed by atoms with E-state index in [0.29, 0.717) is 6.54 Å². The first-order valence-corrected chi connectivity index (χ1v) is 6.47. The van der Waals surface area contributed by atoms with Crippen LogP contribution in [0.15, 0.2) is 17.2 Å². The topological polar surface area (TPSA) is 131 Å². The first-order valence-electron chi connectivity index (χ1n) is 4.99. The lowest BCUT2D eigenvalue weighted by Gasteiger charge is -2.01. The monoisotopic (exact) mass is 275 g/mol. The molecule has 9 heteroatoms. The number of carbonyl (C=O) groups is 2. The summed E-state index contributed by atoms with van der Waals surface area (Å²) in [6, 6.07) is 1.02. The van der Waals surface area contributed by atoms with Gasteiger partial charge in [-0.3, -0.25) is 4.79 Å². The van der Waals surface area contributed by atoms with E-state index in [1.807, 2.05) is 4.72 Å². The van der Waals surface area contributed by atoms with Crippen molar-refractivity contribution in [3.8, 4) is 0 Å². The molecule has 1 rings (SSSR count). The Morgan fingerprint density at radius 2 is 2.11 bits per heavy atom. The molecule has 0 saturated carbocycles. The van der Waals surface area contributed by atoms with E-state index in [0.717, 1.165) is 6.07 Å². The molecule has 0 fully saturated rings. The van der Waals surface area contributed by atoms with E-state index in [-0.39, 0.29) is 10.6 Å². The largest absolute Gasteiger partial charge is 0.477 e. The van der Waals surface area contributed by atoms with Crippen LogP contribution in [0.3, 0.4) is 0 Å². The SMILES string of the molecule is CCn1cc(S(=O)(=O)NCC(N)=O)cc1C(=O)O. The van der Waals surface area contributed by atoms with Crippen molar-refractivity contribution in [2.24, 2.45) is 5.73 Å². The third-order valence-electron chi connectivity index (χ3n) is 2.18. The molecule has 0 aliphatic carbocycles. The van der Waals surface area contributed by atoms with Crippen molar-refractivity contribution < 1.29 is 23.1 Å². The summed E-state index contributed by atoms with van der Waals surface area (Å²) in [6.45, 7) is 1.45. The number of amides is 1. The molecule has 0 spiro atoms. The number of carboxylic acid groups (broad SMARTS) is 1. The van der Waals surface area contributed by atoms with Crippen LogP contribution in [0, 0.1) is 0 Å². The van der Waals surface area contributed by atoms with Crippen molar-refractivity contribution in [3.63, 3.8) is 0 Å². The minimum Gasteiger partial charge on any atom is -0.477 e. The lowest BCUT2D eigenvalue weighted by atomic mass is 10.4. The van der Waals surface area contributed by atoms with Gasteiger partial charge in [0.05, 0.1) is 6.54 Å². The zero-order valence-corrected chi connectivity index (χ0v) is 10.4. The summed E-state index contributed by atoms with van der Waals surface area (Å²) in [7, 11) is -3.94. The van der Waals surface area contributed by atoms with Gasteiger partial charge in [-0.15, -0.1) is 0 Å². The third-order valence-corrected chi connectivity index (χ3v) is 3.55. The molecule has 0 aliphatic heterocycles. The molecule has 0 aliphatic rings. The van der Waals surface area contributed by atoms with E-state index in [9.17, 15) is 18.0 Å². The van der Waals surface area contributed by atoms with Gasteiger partial charge in [0.2, 0.25) is 15.9 Å². The molecule has 8 nitrogen and oxygen atoms in total. The Kier molecular flexibility index (Phi) is 4.09. The fraction of sp³-hybridized carbons (Fsp3) is 0.333. The Morgan fingerprint density at radius 3 is 2.50 bits per heavy atom. The Labute approximate surface area is 103 Å². The van der Waals surface area contributed by atoms with E-state index >= 15 is 0 Å². The van der Waals surface area contributed by atoms with Crippen molar-refractivity contribution >= 4 is 21.9 Å². The Bertz CT molecular complexity index is 575. The Morgan fingerprint density at radius 1 is 1.50 bits per heavy atom. The van der Waals surface area contributed by atoms with E-state index < -0.39 is 28.4 Å².